The molecular formula is C24H23N3O3S. The van der Waals surface area contributed by atoms with Gasteiger partial charge in [0, 0.05) is 0 Å². The molecule has 0 saturated carbocycles. The first-order valence-electron chi connectivity index (χ1n) is 10.0. The van der Waals surface area contributed by atoms with E-state index in [-0.39, 0.29) is 10.5 Å². The van der Waals surface area contributed by atoms with E-state index < -0.39 is 10.0 Å². The van der Waals surface area contributed by atoms with Crippen molar-refractivity contribution < 1.29 is 8.42 Å². The number of anilines is 1. The normalized spacial score (nSPS) is 11.6. The van der Waals surface area contributed by atoms with Gasteiger partial charge in [-0.2, -0.15) is 0 Å². The fourth-order valence-corrected chi connectivity index (χ4v) is 4.69. The van der Waals surface area contributed by atoms with E-state index in [1.165, 1.54) is 4.57 Å². The van der Waals surface area contributed by atoms with Crippen molar-refractivity contribution in [3.8, 4) is 5.69 Å². The number of fused-ring (bicyclic) bond motifs is 1. The number of aryl methyl sites for hydroxylation is 3. The number of aromatic nitrogens is 2. The lowest BCUT2D eigenvalue weighted by Crippen LogP contribution is -2.22. The van der Waals surface area contributed by atoms with E-state index in [0.29, 0.717) is 33.7 Å². The molecule has 0 spiro atoms. The zero-order chi connectivity index (χ0) is 22.2. The Bertz CT molecular complexity index is 1440. The molecule has 1 heterocycles. The van der Waals surface area contributed by atoms with Gasteiger partial charge in [-0.1, -0.05) is 31.2 Å². The van der Waals surface area contributed by atoms with E-state index in [2.05, 4.69) is 9.71 Å². The summed E-state index contributed by atoms with van der Waals surface area (Å²) in [6.07, 6.45) is 0.844. The van der Waals surface area contributed by atoms with Crippen molar-refractivity contribution >= 4 is 26.6 Å². The van der Waals surface area contributed by atoms with Crippen molar-refractivity contribution in [2.75, 3.05) is 4.72 Å². The third-order valence-corrected chi connectivity index (χ3v) is 6.68. The SMILES string of the molecule is CCc1ccc(S(=O)(=O)Nc2ccc(-n3c(C)nc4ccccc4c3=O)cc2C)cc1. The predicted octanol–water partition coefficient (Wildman–Crippen LogP) is 4.37. The maximum absolute atomic E-state index is 13.0. The van der Waals surface area contributed by atoms with Crippen LogP contribution >= 0.6 is 0 Å². The van der Waals surface area contributed by atoms with Crippen LogP contribution in [0.2, 0.25) is 0 Å². The Morgan fingerprint density at radius 1 is 0.968 bits per heavy atom. The van der Waals surface area contributed by atoms with Gasteiger partial charge in [0.15, 0.2) is 0 Å². The highest BCUT2D eigenvalue weighted by molar-refractivity contribution is 7.92. The van der Waals surface area contributed by atoms with Crippen molar-refractivity contribution in [1.29, 1.82) is 0 Å². The lowest BCUT2D eigenvalue weighted by Gasteiger charge is -2.15. The minimum atomic E-state index is -3.71. The minimum absolute atomic E-state index is 0.160. The molecule has 3 aromatic carbocycles. The van der Waals surface area contributed by atoms with Crippen molar-refractivity contribution in [1.82, 2.24) is 9.55 Å². The zero-order valence-electron chi connectivity index (χ0n) is 17.6. The molecule has 0 radical (unpaired) electrons. The minimum Gasteiger partial charge on any atom is -0.279 e. The zero-order valence-corrected chi connectivity index (χ0v) is 18.4. The molecular weight excluding hydrogens is 410 g/mol. The van der Waals surface area contributed by atoms with Crippen LogP contribution in [0.4, 0.5) is 5.69 Å². The molecule has 158 valence electrons. The molecule has 0 aliphatic rings. The molecule has 31 heavy (non-hydrogen) atoms. The van der Waals surface area contributed by atoms with Gasteiger partial charge in [0.2, 0.25) is 0 Å². The summed E-state index contributed by atoms with van der Waals surface area (Å²) >= 11 is 0. The Morgan fingerprint density at radius 3 is 2.35 bits per heavy atom. The average molecular weight is 434 g/mol. The maximum Gasteiger partial charge on any atom is 0.265 e. The lowest BCUT2D eigenvalue weighted by atomic mass is 10.1. The molecule has 0 fully saturated rings. The van der Waals surface area contributed by atoms with Gasteiger partial charge in [0.25, 0.3) is 15.6 Å². The molecule has 0 unspecified atom stereocenters. The van der Waals surface area contributed by atoms with Gasteiger partial charge >= 0.3 is 0 Å². The van der Waals surface area contributed by atoms with E-state index in [1.54, 1.807) is 56.3 Å². The Labute approximate surface area is 181 Å². The second-order valence-corrected chi connectivity index (χ2v) is 9.10. The summed E-state index contributed by atoms with van der Waals surface area (Å²) in [6.45, 7) is 5.60. The first-order valence-corrected chi connectivity index (χ1v) is 11.5. The number of benzene rings is 3. The Balaban J connectivity index is 1.71. The van der Waals surface area contributed by atoms with Crippen LogP contribution in [-0.2, 0) is 16.4 Å². The molecule has 0 aliphatic carbocycles. The monoisotopic (exact) mass is 433 g/mol. The Kier molecular flexibility index (Phi) is 5.37. The van der Waals surface area contributed by atoms with Gasteiger partial charge in [0.1, 0.15) is 5.82 Å². The van der Waals surface area contributed by atoms with Gasteiger partial charge < -0.3 is 0 Å². The molecule has 0 bridgehead atoms. The summed E-state index contributed by atoms with van der Waals surface area (Å²) in [4.78, 5) is 17.8. The fraction of sp³-hybridized carbons (Fsp3) is 0.167. The van der Waals surface area contributed by atoms with Gasteiger partial charge in [-0.3, -0.25) is 14.1 Å². The number of nitrogens with zero attached hydrogens (tertiary/aromatic N) is 2. The second-order valence-electron chi connectivity index (χ2n) is 7.42. The molecule has 4 aromatic rings. The van der Waals surface area contributed by atoms with Gasteiger partial charge in [0.05, 0.1) is 27.2 Å². The van der Waals surface area contributed by atoms with E-state index >= 15 is 0 Å². The second kappa shape index (κ2) is 8.00. The Hall–Kier alpha value is -3.45. The summed E-state index contributed by atoms with van der Waals surface area (Å²) in [7, 11) is -3.71. The molecule has 0 atom stereocenters. The molecule has 0 amide bonds. The molecule has 1 N–H and O–H groups in total. The van der Waals surface area contributed by atoms with Crippen LogP contribution in [-0.4, -0.2) is 18.0 Å². The molecule has 7 heteroatoms. The van der Waals surface area contributed by atoms with Crippen LogP contribution in [0.25, 0.3) is 16.6 Å². The molecule has 6 nitrogen and oxygen atoms in total. The van der Waals surface area contributed by atoms with E-state index in [0.717, 1.165) is 12.0 Å². The van der Waals surface area contributed by atoms with Gasteiger partial charge in [-0.25, -0.2) is 13.4 Å². The highest BCUT2D eigenvalue weighted by atomic mass is 32.2. The fourth-order valence-electron chi connectivity index (χ4n) is 3.56. The third-order valence-electron chi connectivity index (χ3n) is 5.30. The molecule has 0 aliphatic heterocycles. The number of hydrogen-bond donors (Lipinski definition) is 1. The van der Waals surface area contributed by atoms with Crippen LogP contribution in [0.15, 0.2) is 76.4 Å². The summed E-state index contributed by atoms with van der Waals surface area (Å²) < 4.78 is 29.8. The number of hydrogen-bond acceptors (Lipinski definition) is 4. The maximum atomic E-state index is 13.0. The highest BCUT2D eigenvalue weighted by Crippen LogP contribution is 2.23. The van der Waals surface area contributed by atoms with Crippen LogP contribution in [0, 0.1) is 13.8 Å². The lowest BCUT2D eigenvalue weighted by molar-refractivity contribution is 0.601. The average Bonchev–Trinajstić information content (AvgIpc) is 2.75. The summed E-state index contributed by atoms with van der Waals surface area (Å²) in [5.74, 6) is 0.562. The largest absolute Gasteiger partial charge is 0.279 e. The standard InChI is InChI=1S/C24H23N3O3S/c1-4-18-9-12-20(13-10-18)31(29,30)26-22-14-11-19(15-16(22)2)27-17(3)25-23-8-6-5-7-21(23)24(27)28/h5-15,26H,4H2,1-3H3. The quantitative estimate of drug-likeness (QED) is 0.507. The van der Waals surface area contributed by atoms with Crippen LogP contribution in [0.3, 0.4) is 0 Å². The van der Waals surface area contributed by atoms with Crippen molar-refractivity contribution in [3.05, 3.63) is 94.0 Å². The summed E-state index contributed by atoms with van der Waals surface area (Å²) in [5.41, 5.74) is 3.36. The van der Waals surface area contributed by atoms with Crippen molar-refractivity contribution in [2.24, 2.45) is 0 Å². The predicted molar refractivity (Wildman–Crippen MR) is 123 cm³/mol. The van der Waals surface area contributed by atoms with Crippen LogP contribution < -0.4 is 10.3 Å². The van der Waals surface area contributed by atoms with Crippen LogP contribution in [0.5, 0.6) is 0 Å². The number of para-hydroxylation sites is 1. The number of sulfonamides is 1. The third kappa shape index (κ3) is 3.96. The highest BCUT2D eigenvalue weighted by Gasteiger charge is 2.16. The van der Waals surface area contributed by atoms with E-state index in [1.807, 2.05) is 31.2 Å². The molecule has 0 saturated heterocycles. The first-order chi connectivity index (χ1) is 14.8. The van der Waals surface area contributed by atoms with Crippen molar-refractivity contribution in [3.63, 3.8) is 0 Å². The van der Waals surface area contributed by atoms with Gasteiger partial charge in [-0.15, -0.1) is 0 Å². The molecule has 4 rings (SSSR count). The number of rotatable bonds is 5. The molecule has 1 aromatic heterocycles. The van der Waals surface area contributed by atoms with Crippen molar-refractivity contribution in [2.45, 2.75) is 32.1 Å². The summed E-state index contributed by atoms with van der Waals surface area (Å²) in [5, 5.41) is 0.533. The van der Waals surface area contributed by atoms with E-state index in [9.17, 15) is 13.2 Å². The Morgan fingerprint density at radius 2 is 1.68 bits per heavy atom. The summed E-state index contributed by atoms with van der Waals surface area (Å²) in [6, 6.07) is 19.2. The number of nitrogens with one attached hydrogen (secondary N) is 1. The van der Waals surface area contributed by atoms with Crippen LogP contribution in [0.1, 0.15) is 23.9 Å². The smallest absolute Gasteiger partial charge is 0.265 e. The topological polar surface area (TPSA) is 81.1 Å². The first kappa shape index (κ1) is 20.8. The van der Waals surface area contributed by atoms with E-state index in [4.69, 9.17) is 0 Å². The van der Waals surface area contributed by atoms with Gasteiger partial charge in [-0.05, 0) is 73.9 Å².